The summed E-state index contributed by atoms with van der Waals surface area (Å²) in [5.74, 6) is -0.109. The summed E-state index contributed by atoms with van der Waals surface area (Å²) in [6.45, 7) is -0.212. The number of amides is 1. The summed E-state index contributed by atoms with van der Waals surface area (Å²) in [7, 11) is 3.32. The van der Waals surface area contributed by atoms with Crippen molar-refractivity contribution in [2.75, 3.05) is 14.1 Å². The maximum absolute atomic E-state index is 11.5. The predicted molar refractivity (Wildman–Crippen MR) is 55.2 cm³/mol. The Labute approximate surface area is 87.5 Å². The molecule has 0 saturated carbocycles. The zero-order valence-electron chi connectivity index (χ0n) is 8.64. The van der Waals surface area contributed by atoms with Crippen LogP contribution in [0.3, 0.4) is 0 Å². The molecular formula is C10H12N2O3. The largest absolute Gasteiger partial charge is 0.345 e. The van der Waals surface area contributed by atoms with Crippen molar-refractivity contribution < 1.29 is 9.72 Å². The van der Waals surface area contributed by atoms with E-state index in [0.717, 1.165) is 0 Å². The van der Waals surface area contributed by atoms with Gasteiger partial charge in [0.25, 0.3) is 5.91 Å². The smallest absolute Gasteiger partial charge is 0.253 e. The zero-order valence-corrected chi connectivity index (χ0v) is 8.64. The Morgan fingerprint density at radius 2 is 1.87 bits per heavy atom. The average molecular weight is 208 g/mol. The fraction of sp³-hybridized carbons (Fsp3) is 0.300. The van der Waals surface area contributed by atoms with Crippen LogP contribution in [0.15, 0.2) is 24.3 Å². The first-order valence-electron chi connectivity index (χ1n) is 4.43. The molecule has 5 nitrogen and oxygen atoms in total. The van der Waals surface area contributed by atoms with Crippen LogP contribution in [-0.4, -0.2) is 29.8 Å². The number of nitrogens with zero attached hydrogens (tertiary/aromatic N) is 2. The number of carbonyl (C=O) groups is 1. The molecule has 0 heterocycles. The lowest BCUT2D eigenvalue weighted by Gasteiger charge is -2.09. The molecule has 0 fully saturated rings. The van der Waals surface area contributed by atoms with Crippen LogP contribution in [0.1, 0.15) is 15.9 Å². The third-order valence-electron chi connectivity index (χ3n) is 1.92. The van der Waals surface area contributed by atoms with Gasteiger partial charge < -0.3 is 4.90 Å². The van der Waals surface area contributed by atoms with E-state index in [1.807, 2.05) is 0 Å². The van der Waals surface area contributed by atoms with Crippen LogP contribution in [0.4, 0.5) is 0 Å². The molecule has 0 aliphatic carbocycles. The molecule has 1 aromatic carbocycles. The van der Waals surface area contributed by atoms with E-state index in [4.69, 9.17) is 0 Å². The summed E-state index contributed by atoms with van der Waals surface area (Å²) >= 11 is 0. The third kappa shape index (κ3) is 3.05. The molecule has 80 valence electrons. The van der Waals surface area contributed by atoms with Crippen LogP contribution in [0.2, 0.25) is 0 Å². The van der Waals surface area contributed by atoms with Gasteiger partial charge in [-0.05, 0) is 12.1 Å². The normalized spacial score (nSPS) is 9.73. The molecule has 0 bridgehead atoms. The van der Waals surface area contributed by atoms with Crippen LogP contribution >= 0.6 is 0 Å². The van der Waals surface area contributed by atoms with E-state index in [9.17, 15) is 14.9 Å². The maximum atomic E-state index is 11.5. The van der Waals surface area contributed by atoms with Crippen LogP contribution in [0.5, 0.6) is 0 Å². The van der Waals surface area contributed by atoms with Crippen molar-refractivity contribution in [3.8, 4) is 0 Å². The van der Waals surface area contributed by atoms with Gasteiger partial charge >= 0.3 is 0 Å². The topological polar surface area (TPSA) is 63.5 Å². The van der Waals surface area contributed by atoms with E-state index >= 15 is 0 Å². The molecule has 0 aromatic heterocycles. The van der Waals surface area contributed by atoms with Crippen molar-refractivity contribution in [3.05, 3.63) is 45.5 Å². The Hall–Kier alpha value is -1.91. The molecule has 0 aliphatic heterocycles. The molecule has 0 atom stereocenters. The van der Waals surface area contributed by atoms with Gasteiger partial charge in [0.1, 0.15) is 0 Å². The number of rotatable bonds is 3. The molecule has 15 heavy (non-hydrogen) atoms. The molecule has 0 aliphatic rings. The van der Waals surface area contributed by atoms with Crippen LogP contribution in [-0.2, 0) is 6.54 Å². The van der Waals surface area contributed by atoms with Gasteiger partial charge in [0.05, 0.1) is 0 Å². The third-order valence-corrected chi connectivity index (χ3v) is 1.92. The number of benzene rings is 1. The second kappa shape index (κ2) is 4.54. The molecule has 0 radical (unpaired) electrons. The summed E-state index contributed by atoms with van der Waals surface area (Å²) in [6, 6.07) is 6.39. The van der Waals surface area contributed by atoms with Gasteiger partial charge in [0, 0.05) is 30.1 Å². The van der Waals surface area contributed by atoms with E-state index in [1.165, 1.54) is 4.90 Å². The lowest BCUT2D eigenvalue weighted by atomic mass is 10.1. The molecule has 1 aromatic rings. The van der Waals surface area contributed by atoms with Gasteiger partial charge in [0.2, 0.25) is 6.54 Å². The van der Waals surface area contributed by atoms with Gasteiger partial charge in [0.15, 0.2) is 0 Å². The van der Waals surface area contributed by atoms with Crippen LogP contribution in [0.25, 0.3) is 0 Å². The van der Waals surface area contributed by atoms with E-state index < -0.39 is 4.92 Å². The number of hydrogen-bond acceptors (Lipinski definition) is 3. The van der Waals surface area contributed by atoms with Gasteiger partial charge in [-0.2, -0.15) is 0 Å². The number of carbonyl (C=O) groups excluding carboxylic acids is 1. The summed E-state index contributed by atoms with van der Waals surface area (Å²) in [5, 5.41) is 10.2. The van der Waals surface area contributed by atoms with E-state index in [1.54, 1.807) is 38.4 Å². The van der Waals surface area contributed by atoms with Gasteiger partial charge in [-0.25, -0.2) is 0 Å². The molecule has 5 heteroatoms. The van der Waals surface area contributed by atoms with Crippen molar-refractivity contribution in [1.29, 1.82) is 0 Å². The molecule has 0 N–H and O–H groups in total. The average Bonchev–Trinajstić information content (AvgIpc) is 2.17. The van der Waals surface area contributed by atoms with Gasteiger partial charge in [-0.15, -0.1) is 0 Å². The van der Waals surface area contributed by atoms with E-state index in [-0.39, 0.29) is 12.5 Å². The van der Waals surface area contributed by atoms with Crippen LogP contribution < -0.4 is 0 Å². The van der Waals surface area contributed by atoms with E-state index in [2.05, 4.69) is 0 Å². The first-order chi connectivity index (χ1) is 7.00. The first-order valence-corrected chi connectivity index (χ1v) is 4.43. The van der Waals surface area contributed by atoms with Crippen molar-refractivity contribution in [1.82, 2.24) is 4.90 Å². The van der Waals surface area contributed by atoms with Crippen molar-refractivity contribution in [2.24, 2.45) is 0 Å². The molecule has 1 rings (SSSR count). The highest BCUT2D eigenvalue weighted by Gasteiger charge is 2.08. The summed E-state index contributed by atoms with van der Waals surface area (Å²) in [4.78, 5) is 22.8. The highest BCUT2D eigenvalue weighted by molar-refractivity contribution is 5.93. The Balaban J connectivity index is 2.81. The summed E-state index contributed by atoms with van der Waals surface area (Å²) in [6.07, 6.45) is 0. The van der Waals surface area contributed by atoms with E-state index in [0.29, 0.717) is 11.1 Å². The Morgan fingerprint density at radius 1 is 1.33 bits per heavy atom. The van der Waals surface area contributed by atoms with Crippen molar-refractivity contribution in [2.45, 2.75) is 6.54 Å². The maximum Gasteiger partial charge on any atom is 0.253 e. The predicted octanol–water partition coefficient (Wildman–Crippen LogP) is 1.17. The second-order valence-electron chi connectivity index (χ2n) is 3.39. The minimum Gasteiger partial charge on any atom is -0.345 e. The minimum atomic E-state index is -0.400. The molecular weight excluding hydrogens is 196 g/mol. The Bertz CT molecular complexity index is 371. The molecule has 0 saturated heterocycles. The highest BCUT2D eigenvalue weighted by Crippen LogP contribution is 2.07. The Morgan fingerprint density at radius 3 is 2.27 bits per heavy atom. The zero-order chi connectivity index (χ0) is 11.4. The summed E-state index contributed by atoms with van der Waals surface area (Å²) < 4.78 is 0. The second-order valence-corrected chi connectivity index (χ2v) is 3.39. The highest BCUT2D eigenvalue weighted by atomic mass is 16.6. The molecule has 0 spiro atoms. The van der Waals surface area contributed by atoms with Gasteiger partial charge in [-0.3, -0.25) is 14.9 Å². The quantitative estimate of drug-likeness (QED) is 0.553. The SMILES string of the molecule is CN(C)C(=O)c1ccc(C[N+](=O)[O-])cc1. The van der Waals surface area contributed by atoms with Crippen LogP contribution in [0, 0.1) is 10.1 Å². The fourth-order valence-corrected chi connectivity index (χ4v) is 1.16. The fourth-order valence-electron chi connectivity index (χ4n) is 1.16. The molecule has 1 amide bonds. The standard InChI is InChI=1S/C10H12N2O3/c1-11(2)10(13)9-5-3-8(4-6-9)7-12(14)15/h3-6H,7H2,1-2H3. The lowest BCUT2D eigenvalue weighted by molar-refractivity contribution is -0.496. The monoisotopic (exact) mass is 208 g/mol. The number of hydrogen-bond donors (Lipinski definition) is 0. The van der Waals surface area contributed by atoms with Gasteiger partial charge in [-0.1, -0.05) is 12.1 Å². The lowest BCUT2D eigenvalue weighted by Crippen LogP contribution is -2.21. The Kier molecular flexibility index (Phi) is 3.38. The van der Waals surface area contributed by atoms with Crippen molar-refractivity contribution in [3.63, 3.8) is 0 Å². The minimum absolute atomic E-state index is 0.109. The van der Waals surface area contributed by atoms with Crippen molar-refractivity contribution >= 4 is 5.91 Å². The molecule has 0 unspecified atom stereocenters. The first kappa shape index (κ1) is 11.2. The summed E-state index contributed by atoms with van der Waals surface area (Å²) in [5.41, 5.74) is 1.13. The number of nitro groups is 1.